The molecule has 1 amide bonds. The van der Waals surface area contributed by atoms with E-state index in [1.807, 2.05) is 18.2 Å². The lowest BCUT2D eigenvalue weighted by Crippen LogP contribution is -2.54. The number of hydrogen-bond donors (Lipinski definition) is 2. The average molecular weight is 556 g/mol. The molecule has 0 spiro atoms. The van der Waals surface area contributed by atoms with E-state index >= 15 is 0 Å². The molecule has 6 rings (SSSR count). The van der Waals surface area contributed by atoms with Crippen molar-refractivity contribution in [1.29, 1.82) is 0 Å². The van der Waals surface area contributed by atoms with Crippen LogP contribution in [-0.2, 0) is 15.6 Å². The van der Waals surface area contributed by atoms with Gasteiger partial charge in [0.25, 0.3) is 5.91 Å². The van der Waals surface area contributed by atoms with E-state index in [4.69, 9.17) is 11.6 Å². The molecular formula is C28H34ClN5O3S. The van der Waals surface area contributed by atoms with E-state index in [1.165, 1.54) is 22.7 Å². The Kier molecular flexibility index (Phi) is 6.45. The maximum atomic E-state index is 13.6. The molecule has 0 unspecified atom stereocenters. The highest BCUT2D eigenvalue weighted by Crippen LogP contribution is 2.51. The molecule has 3 fully saturated rings. The highest BCUT2D eigenvalue weighted by Gasteiger charge is 2.49. The van der Waals surface area contributed by atoms with Crippen LogP contribution in [0.4, 0.5) is 5.69 Å². The lowest BCUT2D eigenvalue weighted by Gasteiger charge is -2.34. The van der Waals surface area contributed by atoms with Crippen molar-refractivity contribution in [2.24, 2.45) is 0 Å². The number of carbonyl (C=O) groups is 1. The maximum Gasteiger partial charge on any atom is 0.304 e. The van der Waals surface area contributed by atoms with Gasteiger partial charge in [0.15, 0.2) is 0 Å². The molecule has 3 aliphatic rings. The van der Waals surface area contributed by atoms with E-state index in [-0.39, 0.29) is 23.4 Å². The third-order valence-electron chi connectivity index (χ3n) is 8.52. The van der Waals surface area contributed by atoms with Crippen LogP contribution < -0.4 is 9.62 Å². The number of carbonyl (C=O) groups excluding carboxylic acids is 1. The van der Waals surface area contributed by atoms with Crippen LogP contribution in [0, 0.1) is 0 Å². The number of fused-ring (bicyclic) bond motifs is 2. The molecule has 3 aromatic rings. The Hall–Kier alpha value is -2.59. The number of rotatable bonds is 7. The van der Waals surface area contributed by atoms with Crippen molar-refractivity contribution in [3.8, 4) is 0 Å². The summed E-state index contributed by atoms with van der Waals surface area (Å²) in [7, 11) is 0.526. The fraction of sp³-hybridized carbons (Fsp3) is 0.464. The second-order valence-corrected chi connectivity index (χ2v) is 13.4. The minimum Gasteiger partial charge on any atom is -0.360 e. The van der Waals surface area contributed by atoms with Crippen LogP contribution in [0.1, 0.15) is 48.0 Å². The Morgan fingerprint density at radius 1 is 1.18 bits per heavy atom. The summed E-state index contributed by atoms with van der Waals surface area (Å²) in [6.07, 6.45) is 6.62. The number of nitrogens with zero attached hydrogens (tertiary/aromatic N) is 3. The van der Waals surface area contributed by atoms with Crippen molar-refractivity contribution >= 4 is 44.3 Å². The monoisotopic (exact) mass is 555 g/mol. The summed E-state index contributed by atoms with van der Waals surface area (Å²) >= 11 is 6.17. The van der Waals surface area contributed by atoms with E-state index in [0.29, 0.717) is 35.8 Å². The van der Waals surface area contributed by atoms with Gasteiger partial charge in [-0.15, -0.1) is 0 Å². The molecule has 8 nitrogen and oxygen atoms in total. The molecule has 0 bridgehead atoms. The molecule has 1 aliphatic carbocycles. The molecule has 1 saturated carbocycles. The molecule has 2 saturated heterocycles. The van der Waals surface area contributed by atoms with E-state index in [2.05, 4.69) is 41.4 Å². The van der Waals surface area contributed by atoms with Crippen molar-refractivity contribution in [3.05, 3.63) is 64.8 Å². The summed E-state index contributed by atoms with van der Waals surface area (Å²) < 4.78 is 30.2. The average Bonchev–Trinajstić information content (AvgIpc) is 3.54. The quantitative estimate of drug-likeness (QED) is 0.459. The van der Waals surface area contributed by atoms with Crippen LogP contribution in [0.5, 0.6) is 0 Å². The zero-order chi connectivity index (χ0) is 26.7. The Labute approximate surface area is 229 Å². The lowest BCUT2D eigenvalue weighted by molar-refractivity contribution is 0.0901. The Bertz CT molecular complexity index is 1470. The van der Waals surface area contributed by atoms with Crippen molar-refractivity contribution in [2.75, 3.05) is 38.0 Å². The van der Waals surface area contributed by atoms with Gasteiger partial charge in [0.1, 0.15) is 0 Å². The van der Waals surface area contributed by atoms with Gasteiger partial charge >= 0.3 is 10.2 Å². The molecule has 2 atom stereocenters. The molecule has 3 heterocycles. The highest BCUT2D eigenvalue weighted by atomic mass is 35.5. The van der Waals surface area contributed by atoms with E-state index in [0.717, 1.165) is 30.3 Å². The van der Waals surface area contributed by atoms with Crippen LogP contribution >= 0.6 is 11.6 Å². The number of halogens is 1. The van der Waals surface area contributed by atoms with Gasteiger partial charge in [-0.05, 0) is 88.0 Å². The van der Waals surface area contributed by atoms with Gasteiger partial charge in [0.05, 0.1) is 23.3 Å². The van der Waals surface area contributed by atoms with Gasteiger partial charge in [-0.1, -0.05) is 29.8 Å². The van der Waals surface area contributed by atoms with Crippen LogP contribution in [0.2, 0.25) is 5.02 Å². The molecule has 1 aromatic heterocycles. The van der Waals surface area contributed by atoms with Crippen LogP contribution in [0.25, 0.3) is 10.9 Å². The summed E-state index contributed by atoms with van der Waals surface area (Å²) in [6.45, 7) is 1.83. The summed E-state index contributed by atoms with van der Waals surface area (Å²) in [6, 6.07) is 12.9. The van der Waals surface area contributed by atoms with E-state index in [1.54, 1.807) is 22.6 Å². The summed E-state index contributed by atoms with van der Waals surface area (Å²) in [5.74, 6) is -0.211. The molecule has 0 radical (unpaired) electrons. The lowest BCUT2D eigenvalue weighted by atomic mass is 9.92. The molecular weight excluding hydrogens is 522 g/mol. The topological polar surface area (TPSA) is 88.8 Å². The van der Waals surface area contributed by atoms with E-state index < -0.39 is 10.2 Å². The first-order valence-corrected chi connectivity index (χ1v) is 15.1. The number of aromatic nitrogens is 1. The SMILES string of the molecule is CN(C)CCC1(c2ccc(N3C[C@@H]4[C@H](NC(=O)c5ccc6c(Cl)c[nH]c6c5)CCCN4S3(=O)=O)cc2)CC1. The first-order chi connectivity index (χ1) is 18.2. The van der Waals surface area contributed by atoms with Crippen LogP contribution in [-0.4, -0.2) is 74.3 Å². The van der Waals surface area contributed by atoms with Crippen LogP contribution in [0.15, 0.2) is 48.7 Å². The minimum absolute atomic E-state index is 0.211. The number of aromatic amines is 1. The van der Waals surface area contributed by atoms with Gasteiger partial charge in [-0.25, -0.2) is 0 Å². The fourth-order valence-electron chi connectivity index (χ4n) is 6.06. The van der Waals surface area contributed by atoms with Crippen molar-refractivity contribution in [3.63, 3.8) is 0 Å². The normalized spacial score (nSPS) is 24.1. The maximum absolute atomic E-state index is 13.6. The Morgan fingerprint density at radius 3 is 2.66 bits per heavy atom. The van der Waals surface area contributed by atoms with Gasteiger partial charge in [-0.3, -0.25) is 9.10 Å². The summed E-state index contributed by atoms with van der Waals surface area (Å²) in [4.78, 5) is 18.4. The molecule has 2 aliphatic heterocycles. The van der Waals surface area contributed by atoms with Crippen molar-refractivity contribution in [1.82, 2.24) is 19.5 Å². The van der Waals surface area contributed by atoms with Crippen molar-refractivity contribution in [2.45, 2.75) is 49.6 Å². The second-order valence-electron chi connectivity index (χ2n) is 11.2. The molecule has 38 heavy (non-hydrogen) atoms. The zero-order valence-electron chi connectivity index (χ0n) is 21.8. The minimum atomic E-state index is -3.67. The highest BCUT2D eigenvalue weighted by molar-refractivity contribution is 7.90. The molecule has 202 valence electrons. The van der Waals surface area contributed by atoms with Gasteiger partial charge < -0.3 is 15.2 Å². The number of hydrogen-bond acceptors (Lipinski definition) is 4. The predicted octanol–water partition coefficient (Wildman–Crippen LogP) is 4.13. The first kappa shape index (κ1) is 25.7. The molecule has 2 aromatic carbocycles. The molecule has 10 heteroatoms. The Morgan fingerprint density at radius 2 is 1.95 bits per heavy atom. The summed E-state index contributed by atoms with van der Waals surface area (Å²) in [5.41, 5.74) is 3.52. The second kappa shape index (κ2) is 9.55. The third-order valence-corrected chi connectivity index (χ3v) is 10.8. The largest absolute Gasteiger partial charge is 0.360 e. The van der Waals surface area contributed by atoms with E-state index in [9.17, 15) is 13.2 Å². The molecule has 2 N–H and O–H groups in total. The van der Waals surface area contributed by atoms with Gasteiger partial charge in [0, 0.05) is 35.2 Å². The van der Waals surface area contributed by atoms with Crippen LogP contribution in [0.3, 0.4) is 0 Å². The number of amides is 1. The van der Waals surface area contributed by atoms with Gasteiger partial charge in [0.2, 0.25) is 0 Å². The number of H-pyrrole nitrogens is 1. The number of benzene rings is 2. The van der Waals surface area contributed by atoms with Crippen molar-refractivity contribution < 1.29 is 13.2 Å². The number of anilines is 1. The fourth-order valence-corrected chi connectivity index (χ4v) is 8.18. The zero-order valence-corrected chi connectivity index (χ0v) is 23.4. The summed E-state index contributed by atoms with van der Waals surface area (Å²) in [5, 5.41) is 4.60. The number of nitrogens with one attached hydrogen (secondary N) is 2. The first-order valence-electron chi connectivity index (χ1n) is 13.3. The van der Waals surface area contributed by atoms with Gasteiger partial charge in [-0.2, -0.15) is 12.7 Å². The smallest absolute Gasteiger partial charge is 0.304 e. The third kappa shape index (κ3) is 4.49. The standard InChI is InChI=1S/C28H34ClN5O3S/c1-32(2)15-13-28(11-12-28)20-6-8-21(9-7-20)34-18-26-24(4-3-14-33(26)38(34,36)37)31-27(35)19-5-10-22-23(29)17-30-25(22)16-19/h5-10,16-17,24,26,30H,3-4,11-15,18H2,1-2H3,(H,31,35)/t24-,26-/m1/s1. The predicted molar refractivity (Wildman–Crippen MR) is 151 cm³/mol. The number of piperidine rings is 1. The Balaban J connectivity index is 1.19.